The van der Waals surface area contributed by atoms with Crippen LogP contribution in [0, 0.1) is 18.3 Å². The fourth-order valence-corrected chi connectivity index (χ4v) is 1.02. The number of amides is 1. The van der Waals surface area contributed by atoms with Gasteiger partial charge in [0.15, 0.2) is 0 Å². The average Bonchev–Trinajstić information content (AvgIpc) is 2.82. The second-order valence-corrected chi connectivity index (χ2v) is 2.74. The number of carbonyl (C=O) groups excluding carboxylic acids is 1. The molecule has 1 amide bonds. The van der Waals surface area contributed by atoms with Crippen LogP contribution in [0.4, 0.5) is 0 Å². The van der Waals surface area contributed by atoms with Crippen LogP contribution in [0.25, 0.3) is 0 Å². The van der Waals surface area contributed by atoms with Crippen LogP contribution in [0.5, 0.6) is 0 Å². The van der Waals surface area contributed by atoms with Crippen LogP contribution in [0.15, 0.2) is 0 Å². The van der Waals surface area contributed by atoms with Crippen molar-refractivity contribution < 1.29 is 9.90 Å². The SMILES string of the molecule is C#CC(=O)NC(CO)C1CC1. The predicted octanol–water partition coefficient (Wildman–Crippen LogP) is -0.493. The highest BCUT2D eigenvalue weighted by Gasteiger charge is 2.31. The van der Waals surface area contributed by atoms with Gasteiger partial charge in [-0.05, 0) is 24.7 Å². The van der Waals surface area contributed by atoms with E-state index in [9.17, 15) is 4.79 Å². The molecule has 1 saturated carbocycles. The number of hydrogen-bond donors (Lipinski definition) is 2. The lowest BCUT2D eigenvalue weighted by Gasteiger charge is -2.12. The van der Waals surface area contributed by atoms with Gasteiger partial charge in [0.05, 0.1) is 12.6 Å². The molecule has 1 aliphatic carbocycles. The van der Waals surface area contributed by atoms with Gasteiger partial charge in [-0.2, -0.15) is 0 Å². The summed E-state index contributed by atoms with van der Waals surface area (Å²) in [5, 5.41) is 11.4. The molecule has 1 aliphatic rings. The summed E-state index contributed by atoms with van der Waals surface area (Å²) in [4.78, 5) is 10.7. The normalized spacial score (nSPS) is 18.5. The predicted molar refractivity (Wildman–Crippen MR) is 40.6 cm³/mol. The number of aliphatic hydroxyl groups is 1. The lowest BCUT2D eigenvalue weighted by molar-refractivity contribution is -0.116. The van der Waals surface area contributed by atoms with Gasteiger partial charge in [0.1, 0.15) is 0 Å². The summed E-state index contributed by atoms with van der Waals surface area (Å²) in [6.07, 6.45) is 7.01. The molecule has 60 valence electrons. The van der Waals surface area contributed by atoms with Gasteiger partial charge in [0.25, 0.3) is 5.91 Å². The molecule has 0 saturated heterocycles. The Balaban J connectivity index is 2.32. The van der Waals surface area contributed by atoms with E-state index in [1.54, 1.807) is 0 Å². The van der Waals surface area contributed by atoms with Crippen molar-refractivity contribution >= 4 is 5.91 Å². The zero-order chi connectivity index (χ0) is 8.27. The van der Waals surface area contributed by atoms with Crippen molar-refractivity contribution in [2.75, 3.05) is 6.61 Å². The van der Waals surface area contributed by atoms with Gasteiger partial charge in [0, 0.05) is 0 Å². The molecule has 11 heavy (non-hydrogen) atoms. The van der Waals surface area contributed by atoms with Crippen molar-refractivity contribution in [3.8, 4) is 12.3 Å². The van der Waals surface area contributed by atoms with Crippen LogP contribution < -0.4 is 5.32 Å². The highest BCUT2D eigenvalue weighted by Crippen LogP contribution is 2.32. The van der Waals surface area contributed by atoms with Crippen LogP contribution in [0.1, 0.15) is 12.8 Å². The molecule has 3 heteroatoms. The first-order valence-electron chi connectivity index (χ1n) is 3.66. The first-order valence-corrected chi connectivity index (χ1v) is 3.66. The Labute approximate surface area is 65.8 Å². The van der Waals surface area contributed by atoms with E-state index in [4.69, 9.17) is 11.5 Å². The number of rotatable bonds is 3. The molecule has 1 rings (SSSR count). The van der Waals surface area contributed by atoms with E-state index in [0.29, 0.717) is 5.92 Å². The summed E-state index contributed by atoms with van der Waals surface area (Å²) >= 11 is 0. The molecule has 3 nitrogen and oxygen atoms in total. The second-order valence-electron chi connectivity index (χ2n) is 2.74. The molecule has 0 aliphatic heterocycles. The van der Waals surface area contributed by atoms with Crippen molar-refractivity contribution in [3.63, 3.8) is 0 Å². The largest absolute Gasteiger partial charge is 0.394 e. The molecule has 2 N–H and O–H groups in total. The van der Waals surface area contributed by atoms with Crippen molar-refractivity contribution in [3.05, 3.63) is 0 Å². The Hall–Kier alpha value is -1.01. The average molecular weight is 153 g/mol. The van der Waals surface area contributed by atoms with Crippen molar-refractivity contribution in [2.45, 2.75) is 18.9 Å². The van der Waals surface area contributed by atoms with Gasteiger partial charge < -0.3 is 10.4 Å². The van der Waals surface area contributed by atoms with E-state index < -0.39 is 5.91 Å². The summed E-state index contributed by atoms with van der Waals surface area (Å²) in [5.41, 5.74) is 0. The van der Waals surface area contributed by atoms with E-state index in [1.807, 2.05) is 5.92 Å². The molecule has 1 atom stereocenters. The standard InChI is InChI=1S/C8H11NO2/c1-2-8(11)9-7(5-10)6-3-4-6/h1,6-7,10H,3-5H2,(H,9,11). The molecular formula is C8H11NO2. The van der Waals surface area contributed by atoms with Crippen molar-refractivity contribution in [1.82, 2.24) is 5.32 Å². The quantitative estimate of drug-likeness (QED) is 0.537. The van der Waals surface area contributed by atoms with Gasteiger partial charge >= 0.3 is 0 Å². The van der Waals surface area contributed by atoms with Gasteiger partial charge in [0.2, 0.25) is 0 Å². The number of terminal acetylenes is 1. The molecule has 0 aromatic rings. The van der Waals surface area contributed by atoms with E-state index in [-0.39, 0.29) is 12.6 Å². The van der Waals surface area contributed by atoms with Crippen LogP contribution >= 0.6 is 0 Å². The highest BCUT2D eigenvalue weighted by molar-refractivity contribution is 5.93. The Kier molecular flexibility index (Phi) is 2.50. The minimum Gasteiger partial charge on any atom is -0.394 e. The summed E-state index contributed by atoms with van der Waals surface area (Å²) in [5.74, 6) is 1.96. The number of carbonyl (C=O) groups is 1. The first kappa shape index (κ1) is 8.09. The van der Waals surface area contributed by atoms with E-state index >= 15 is 0 Å². The van der Waals surface area contributed by atoms with Gasteiger partial charge in [-0.1, -0.05) is 0 Å². The van der Waals surface area contributed by atoms with Gasteiger partial charge in [-0.3, -0.25) is 4.79 Å². The molecule has 1 unspecified atom stereocenters. The molecule has 0 heterocycles. The van der Waals surface area contributed by atoms with Gasteiger partial charge in [-0.25, -0.2) is 0 Å². The van der Waals surface area contributed by atoms with Gasteiger partial charge in [-0.15, -0.1) is 6.42 Å². The third-order valence-corrected chi connectivity index (χ3v) is 1.84. The molecule has 0 spiro atoms. The number of hydrogen-bond acceptors (Lipinski definition) is 2. The molecular weight excluding hydrogens is 142 g/mol. The third kappa shape index (κ3) is 2.24. The molecule has 0 bridgehead atoms. The Morgan fingerprint density at radius 3 is 2.82 bits per heavy atom. The molecule has 0 aromatic carbocycles. The molecule has 0 aromatic heterocycles. The fourth-order valence-electron chi connectivity index (χ4n) is 1.02. The number of aliphatic hydroxyl groups excluding tert-OH is 1. The Bertz CT molecular complexity index is 191. The maximum Gasteiger partial charge on any atom is 0.295 e. The fraction of sp³-hybridized carbons (Fsp3) is 0.625. The summed E-state index contributed by atoms with van der Waals surface area (Å²) in [7, 11) is 0. The smallest absolute Gasteiger partial charge is 0.295 e. The highest BCUT2D eigenvalue weighted by atomic mass is 16.3. The maximum absolute atomic E-state index is 10.7. The van der Waals surface area contributed by atoms with Crippen molar-refractivity contribution in [2.24, 2.45) is 5.92 Å². The monoisotopic (exact) mass is 153 g/mol. The topological polar surface area (TPSA) is 49.3 Å². The zero-order valence-corrected chi connectivity index (χ0v) is 6.21. The molecule has 1 fully saturated rings. The van der Waals surface area contributed by atoms with E-state index in [1.165, 1.54) is 0 Å². The van der Waals surface area contributed by atoms with E-state index in [2.05, 4.69) is 5.32 Å². The minimum absolute atomic E-state index is 0.0158. The lowest BCUT2D eigenvalue weighted by atomic mass is 10.2. The summed E-state index contributed by atoms with van der Waals surface area (Å²) < 4.78 is 0. The maximum atomic E-state index is 10.7. The first-order chi connectivity index (χ1) is 5.27. The lowest BCUT2D eigenvalue weighted by Crippen LogP contribution is -2.38. The van der Waals surface area contributed by atoms with Crippen LogP contribution in [-0.4, -0.2) is 23.7 Å². The number of nitrogens with one attached hydrogen (secondary N) is 1. The minimum atomic E-state index is -0.434. The Morgan fingerprint density at radius 1 is 1.82 bits per heavy atom. The van der Waals surface area contributed by atoms with Crippen molar-refractivity contribution in [1.29, 1.82) is 0 Å². The summed E-state index contributed by atoms with van der Waals surface area (Å²) in [6.45, 7) is -0.0158. The Morgan fingerprint density at radius 2 is 2.45 bits per heavy atom. The molecule has 0 radical (unpaired) electrons. The van der Waals surface area contributed by atoms with Crippen LogP contribution in [0.2, 0.25) is 0 Å². The zero-order valence-electron chi connectivity index (χ0n) is 6.21. The second kappa shape index (κ2) is 3.40. The third-order valence-electron chi connectivity index (χ3n) is 1.84. The summed E-state index contributed by atoms with van der Waals surface area (Å²) in [6, 6.07) is -0.126. The van der Waals surface area contributed by atoms with Crippen LogP contribution in [0.3, 0.4) is 0 Å². The van der Waals surface area contributed by atoms with E-state index in [0.717, 1.165) is 12.8 Å². The van der Waals surface area contributed by atoms with Crippen LogP contribution in [-0.2, 0) is 4.79 Å².